The standard InChI is InChI=1S/C21H19ClN6O/c1-13-11-14(2)27(25-13)17-8-6-7-16(12-17)24-21(29)20-23-15(3)28(26-20)19-10-5-4-9-18(19)22/h4-12H,1-3H3,(H,24,29). The average molecular weight is 407 g/mol. The third-order valence-corrected chi connectivity index (χ3v) is 4.73. The maximum Gasteiger partial charge on any atom is 0.295 e. The van der Waals surface area contributed by atoms with E-state index in [1.165, 1.54) is 0 Å². The Balaban J connectivity index is 1.59. The van der Waals surface area contributed by atoms with Crippen LogP contribution in [0.1, 0.15) is 27.8 Å². The Hall–Kier alpha value is -3.45. The van der Waals surface area contributed by atoms with Crippen LogP contribution in [0.25, 0.3) is 11.4 Å². The van der Waals surface area contributed by atoms with Crippen LogP contribution in [0.15, 0.2) is 54.6 Å². The molecule has 0 unspecified atom stereocenters. The number of hydrogen-bond acceptors (Lipinski definition) is 4. The monoisotopic (exact) mass is 406 g/mol. The predicted molar refractivity (Wildman–Crippen MR) is 112 cm³/mol. The Bertz CT molecular complexity index is 1210. The molecular formula is C21H19ClN6O. The second kappa shape index (κ2) is 7.52. The molecule has 2 aromatic carbocycles. The lowest BCUT2D eigenvalue weighted by atomic mass is 10.2. The normalized spacial score (nSPS) is 10.9. The zero-order valence-corrected chi connectivity index (χ0v) is 17.0. The Kier molecular flexibility index (Phi) is 4.90. The molecule has 0 spiro atoms. The van der Waals surface area contributed by atoms with E-state index in [4.69, 9.17) is 11.6 Å². The van der Waals surface area contributed by atoms with Crippen LogP contribution in [0.2, 0.25) is 5.02 Å². The third kappa shape index (κ3) is 3.77. The molecular weight excluding hydrogens is 388 g/mol. The van der Waals surface area contributed by atoms with E-state index < -0.39 is 5.91 Å². The summed E-state index contributed by atoms with van der Waals surface area (Å²) in [6.45, 7) is 5.70. The van der Waals surface area contributed by atoms with E-state index in [1.807, 2.05) is 67.1 Å². The molecule has 0 saturated carbocycles. The topological polar surface area (TPSA) is 77.6 Å². The van der Waals surface area contributed by atoms with Crippen molar-refractivity contribution < 1.29 is 4.79 Å². The van der Waals surface area contributed by atoms with Crippen LogP contribution in [-0.2, 0) is 0 Å². The number of benzene rings is 2. The average Bonchev–Trinajstić information content (AvgIpc) is 3.24. The molecule has 0 bridgehead atoms. The van der Waals surface area contributed by atoms with Crippen molar-refractivity contribution in [2.45, 2.75) is 20.8 Å². The van der Waals surface area contributed by atoms with E-state index in [2.05, 4.69) is 20.5 Å². The molecule has 0 saturated heterocycles. The molecule has 4 aromatic rings. The molecule has 0 radical (unpaired) electrons. The zero-order valence-electron chi connectivity index (χ0n) is 16.2. The van der Waals surface area contributed by atoms with Gasteiger partial charge in [0.05, 0.1) is 22.1 Å². The van der Waals surface area contributed by atoms with Crippen molar-refractivity contribution in [3.63, 3.8) is 0 Å². The van der Waals surface area contributed by atoms with Gasteiger partial charge >= 0.3 is 0 Å². The van der Waals surface area contributed by atoms with Gasteiger partial charge in [-0.1, -0.05) is 29.8 Å². The molecule has 8 heteroatoms. The molecule has 2 heterocycles. The largest absolute Gasteiger partial charge is 0.319 e. The first-order valence-electron chi connectivity index (χ1n) is 9.06. The molecule has 1 N–H and O–H groups in total. The highest BCUT2D eigenvalue weighted by Gasteiger charge is 2.17. The van der Waals surface area contributed by atoms with Crippen LogP contribution in [-0.4, -0.2) is 30.5 Å². The fourth-order valence-electron chi connectivity index (χ4n) is 3.13. The lowest BCUT2D eigenvalue weighted by Crippen LogP contribution is -2.14. The number of para-hydroxylation sites is 1. The number of halogens is 1. The van der Waals surface area contributed by atoms with Gasteiger partial charge in [0.1, 0.15) is 5.82 Å². The van der Waals surface area contributed by atoms with Crippen LogP contribution >= 0.6 is 11.6 Å². The minimum Gasteiger partial charge on any atom is -0.319 e. The van der Waals surface area contributed by atoms with Crippen molar-refractivity contribution in [3.8, 4) is 11.4 Å². The molecule has 1 amide bonds. The Morgan fingerprint density at radius 2 is 1.76 bits per heavy atom. The number of anilines is 1. The van der Waals surface area contributed by atoms with Gasteiger partial charge < -0.3 is 5.32 Å². The van der Waals surface area contributed by atoms with E-state index >= 15 is 0 Å². The molecule has 0 atom stereocenters. The second-order valence-electron chi connectivity index (χ2n) is 6.69. The summed E-state index contributed by atoms with van der Waals surface area (Å²) < 4.78 is 3.39. The van der Waals surface area contributed by atoms with Gasteiger partial charge in [0.15, 0.2) is 0 Å². The number of aromatic nitrogens is 5. The first-order valence-corrected chi connectivity index (χ1v) is 9.44. The Labute approximate surface area is 173 Å². The summed E-state index contributed by atoms with van der Waals surface area (Å²) in [7, 11) is 0. The second-order valence-corrected chi connectivity index (χ2v) is 7.10. The molecule has 0 aliphatic heterocycles. The lowest BCUT2D eigenvalue weighted by Gasteiger charge is -2.08. The maximum atomic E-state index is 12.7. The quantitative estimate of drug-likeness (QED) is 0.548. The number of rotatable bonds is 4. The smallest absolute Gasteiger partial charge is 0.295 e. The Morgan fingerprint density at radius 3 is 2.48 bits per heavy atom. The number of amides is 1. The van der Waals surface area contributed by atoms with Crippen LogP contribution in [0.4, 0.5) is 5.69 Å². The van der Waals surface area contributed by atoms with Crippen molar-refractivity contribution in [3.05, 3.63) is 82.7 Å². The van der Waals surface area contributed by atoms with E-state index in [1.54, 1.807) is 17.7 Å². The fraction of sp³-hybridized carbons (Fsp3) is 0.143. The van der Waals surface area contributed by atoms with Gasteiger partial charge in [0.2, 0.25) is 5.82 Å². The van der Waals surface area contributed by atoms with Gasteiger partial charge in [0.25, 0.3) is 5.91 Å². The molecule has 7 nitrogen and oxygen atoms in total. The van der Waals surface area contributed by atoms with Crippen molar-refractivity contribution in [1.29, 1.82) is 0 Å². The van der Waals surface area contributed by atoms with E-state index in [0.717, 1.165) is 17.1 Å². The van der Waals surface area contributed by atoms with Crippen molar-refractivity contribution in [1.82, 2.24) is 24.5 Å². The number of carbonyl (C=O) groups is 1. The summed E-state index contributed by atoms with van der Waals surface area (Å²) in [6, 6.07) is 16.7. The van der Waals surface area contributed by atoms with Gasteiger partial charge in [-0.3, -0.25) is 4.79 Å². The van der Waals surface area contributed by atoms with Crippen LogP contribution in [0, 0.1) is 20.8 Å². The summed E-state index contributed by atoms with van der Waals surface area (Å²) in [5.41, 5.74) is 4.11. The highest BCUT2D eigenvalue weighted by atomic mass is 35.5. The van der Waals surface area contributed by atoms with E-state index in [9.17, 15) is 4.79 Å². The molecule has 0 aliphatic rings. The summed E-state index contributed by atoms with van der Waals surface area (Å²) in [6.07, 6.45) is 0. The zero-order chi connectivity index (χ0) is 20.5. The molecule has 0 aliphatic carbocycles. The number of nitrogens with one attached hydrogen (secondary N) is 1. The first-order chi connectivity index (χ1) is 13.9. The fourth-order valence-corrected chi connectivity index (χ4v) is 3.35. The Morgan fingerprint density at radius 1 is 0.966 bits per heavy atom. The van der Waals surface area contributed by atoms with Crippen LogP contribution < -0.4 is 5.32 Å². The van der Waals surface area contributed by atoms with Gasteiger partial charge in [-0.25, -0.2) is 14.3 Å². The SMILES string of the molecule is Cc1cc(C)n(-c2cccc(NC(=O)c3nc(C)n(-c4ccccc4Cl)n3)c2)n1. The molecule has 0 fully saturated rings. The number of nitrogens with zero attached hydrogens (tertiary/aromatic N) is 5. The lowest BCUT2D eigenvalue weighted by molar-refractivity contribution is 0.101. The summed E-state index contributed by atoms with van der Waals surface area (Å²) >= 11 is 6.24. The highest BCUT2D eigenvalue weighted by Crippen LogP contribution is 2.21. The van der Waals surface area contributed by atoms with Gasteiger partial charge in [-0.2, -0.15) is 5.10 Å². The number of aryl methyl sites for hydroxylation is 3. The number of hydrogen-bond donors (Lipinski definition) is 1. The van der Waals surface area contributed by atoms with Crippen molar-refractivity contribution >= 4 is 23.2 Å². The summed E-state index contributed by atoms with van der Waals surface area (Å²) in [4.78, 5) is 17.0. The summed E-state index contributed by atoms with van der Waals surface area (Å²) in [5.74, 6) is 0.239. The first kappa shape index (κ1) is 18.9. The molecule has 2 aromatic heterocycles. The van der Waals surface area contributed by atoms with Crippen molar-refractivity contribution in [2.24, 2.45) is 0 Å². The molecule has 4 rings (SSSR count). The molecule has 29 heavy (non-hydrogen) atoms. The van der Waals surface area contributed by atoms with Crippen LogP contribution in [0.3, 0.4) is 0 Å². The van der Waals surface area contributed by atoms with Crippen LogP contribution in [0.5, 0.6) is 0 Å². The van der Waals surface area contributed by atoms with Gasteiger partial charge in [-0.15, -0.1) is 5.10 Å². The maximum absolute atomic E-state index is 12.7. The van der Waals surface area contributed by atoms with Gasteiger partial charge in [-0.05, 0) is 57.2 Å². The van der Waals surface area contributed by atoms with E-state index in [-0.39, 0.29) is 5.82 Å². The minimum atomic E-state index is -0.399. The number of carbonyl (C=O) groups excluding carboxylic acids is 1. The predicted octanol–water partition coefficient (Wildman–Crippen LogP) is 4.28. The van der Waals surface area contributed by atoms with Crippen molar-refractivity contribution in [2.75, 3.05) is 5.32 Å². The summed E-state index contributed by atoms with van der Waals surface area (Å²) in [5, 5.41) is 12.2. The van der Waals surface area contributed by atoms with Gasteiger partial charge in [0, 0.05) is 11.4 Å². The van der Waals surface area contributed by atoms with E-state index in [0.29, 0.717) is 22.2 Å². The third-order valence-electron chi connectivity index (χ3n) is 4.41. The molecule has 146 valence electrons. The minimum absolute atomic E-state index is 0.0685. The highest BCUT2D eigenvalue weighted by molar-refractivity contribution is 6.32.